The molecule has 1 aromatic heterocycles. The van der Waals surface area contributed by atoms with Crippen molar-refractivity contribution in [3.8, 4) is 0 Å². The maximum Gasteiger partial charge on any atom is 0.0751 e. The molecule has 0 bridgehead atoms. The van der Waals surface area contributed by atoms with E-state index in [0.29, 0.717) is 6.04 Å². The second kappa shape index (κ2) is 7.28. The number of unbranched alkanes of at least 4 members (excludes halogenated alkanes) is 3. The Bertz CT molecular complexity index is 548. The highest BCUT2D eigenvalue weighted by Gasteiger charge is 2.07. The molecule has 0 amide bonds. The van der Waals surface area contributed by atoms with Crippen LogP contribution < -0.4 is 5.32 Å². The number of pyridine rings is 1. The molecule has 0 fully saturated rings. The summed E-state index contributed by atoms with van der Waals surface area (Å²) < 4.78 is 0. The lowest BCUT2D eigenvalue weighted by Gasteiger charge is -2.17. The summed E-state index contributed by atoms with van der Waals surface area (Å²) in [5.41, 5.74) is 3.55. The summed E-state index contributed by atoms with van der Waals surface area (Å²) in [4.78, 5) is 4.50. The van der Waals surface area contributed by atoms with Gasteiger partial charge in [0, 0.05) is 23.3 Å². The van der Waals surface area contributed by atoms with Gasteiger partial charge in [0.2, 0.25) is 0 Å². The van der Waals surface area contributed by atoms with Crippen molar-refractivity contribution in [2.24, 2.45) is 0 Å². The topological polar surface area (TPSA) is 24.9 Å². The van der Waals surface area contributed by atoms with Gasteiger partial charge in [-0.15, -0.1) is 0 Å². The molecule has 0 aliphatic rings. The molecule has 2 aromatic rings. The zero-order valence-corrected chi connectivity index (χ0v) is 12.9. The fraction of sp³-hybridized carbons (Fsp3) is 0.500. The molecule has 0 aliphatic heterocycles. The standard InChI is InChI=1S/C18H26N2/c1-4-5-6-7-9-15(3)20-17-12-11-14(2)18-16(17)10-8-13-19-18/h8,10-13,15,20H,4-7,9H2,1-3H3. The molecule has 2 nitrogen and oxygen atoms in total. The predicted octanol–water partition coefficient (Wildman–Crippen LogP) is 5.31. The third-order valence-electron chi connectivity index (χ3n) is 3.86. The van der Waals surface area contributed by atoms with Crippen molar-refractivity contribution in [3.05, 3.63) is 36.0 Å². The van der Waals surface area contributed by atoms with Crippen LogP contribution in [0.2, 0.25) is 0 Å². The van der Waals surface area contributed by atoms with Crippen LogP contribution >= 0.6 is 0 Å². The van der Waals surface area contributed by atoms with Crippen LogP contribution in [-0.4, -0.2) is 11.0 Å². The Morgan fingerprint density at radius 2 is 2.00 bits per heavy atom. The minimum Gasteiger partial charge on any atom is -0.382 e. The van der Waals surface area contributed by atoms with Crippen molar-refractivity contribution in [1.29, 1.82) is 0 Å². The number of nitrogens with zero attached hydrogens (tertiary/aromatic N) is 1. The Kier molecular flexibility index (Phi) is 5.40. The molecule has 2 rings (SSSR count). The van der Waals surface area contributed by atoms with Crippen molar-refractivity contribution >= 4 is 16.6 Å². The van der Waals surface area contributed by atoms with Crippen LogP contribution in [0.25, 0.3) is 10.9 Å². The van der Waals surface area contributed by atoms with Crippen molar-refractivity contribution < 1.29 is 0 Å². The molecule has 20 heavy (non-hydrogen) atoms. The average molecular weight is 270 g/mol. The first-order valence-electron chi connectivity index (χ1n) is 7.83. The average Bonchev–Trinajstić information content (AvgIpc) is 2.47. The van der Waals surface area contributed by atoms with E-state index in [0.717, 1.165) is 5.52 Å². The van der Waals surface area contributed by atoms with Gasteiger partial charge in [-0.2, -0.15) is 0 Å². The lowest BCUT2D eigenvalue weighted by Crippen LogP contribution is -2.15. The van der Waals surface area contributed by atoms with Gasteiger partial charge in [0.05, 0.1) is 5.52 Å². The van der Waals surface area contributed by atoms with Crippen LogP contribution in [0.4, 0.5) is 5.69 Å². The first kappa shape index (κ1) is 14.8. The number of fused-ring (bicyclic) bond motifs is 1. The minimum atomic E-state index is 0.512. The first-order chi connectivity index (χ1) is 9.72. The Balaban J connectivity index is 2.04. The Hall–Kier alpha value is -1.57. The Labute approximate surface area is 122 Å². The molecule has 1 unspecified atom stereocenters. The number of rotatable bonds is 7. The van der Waals surface area contributed by atoms with Crippen LogP contribution in [-0.2, 0) is 0 Å². The number of benzene rings is 1. The van der Waals surface area contributed by atoms with E-state index in [1.54, 1.807) is 0 Å². The van der Waals surface area contributed by atoms with Crippen molar-refractivity contribution in [2.45, 2.75) is 58.9 Å². The highest BCUT2D eigenvalue weighted by molar-refractivity contribution is 5.93. The van der Waals surface area contributed by atoms with E-state index in [4.69, 9.17) is 0 Å². The largest absolute Gasteiger partial charge is 0.382 e. The molecule has 1 atom stereocenters. The molecule has 0 saturated heterocycles. The Morgan fingerprint density at radius 1 is 1.15 bits per heavy atom. The maximum atomic E-state index is 4.50. The van der Waals surface area contributed by atoms with E-state index in [1.165, 1.54) is 48.7 Å². The second-order valence-electron chi connectivity index (χ2n) is 5.72. The van der Waals surface area contributed by atoms with Gasteiger partial charge >= 0.3 is 0 Å². The molecule has 2 heteroatoms. The quantitative estimate of drug-likeness (QED) is 0.689. The SMILES string of the molecule is CCCCCCC(C)Nc1ccc(C)c2ncccc12. The number of aromatic nitrogens is 1. The van der Waals surface area contributed by atoms with Crippen LogP contribution in [0.3, 0.4) is 0 Å². The van der Waals surface area contributed by atoms with Gasteiger partial charge in [-0.3, -0.25) is 4.98 Å². The third-order valence-corrected chi connectivity index (χ3v) is 3.86. The van der Waals surface area contributed by atoms with Crippen LogP contribution in [0.1, 0.15) is 51.5 Å². The van der Waals surface area contributed by atoms with Crippen molar-refractivity contribution in [1.82, 2.24) is 4.98 Å². The molecule has 0 radical (unpaired) electrons. The third kappa shape index (κ3) is 3.72. The fourth-order valence-electron chi connectivity index (χ4n) is 2.65. The summed E-state index contributed by atoms with van der Waals surface area (Å²) in [6.07, 6.45) is 8.41. The number of hydrogen-bond acceptors (Lipinski definition) is 2. The molecule has 1 heterocycles. The molecule has 0 aliphatic carbocycles. The summed E-state index contributed by atoms with van der Waals surface area (Å²) in [5.74, 6) is 0. The highest BCUT2D eigenvalue weighted by atomic mass is 14.9. The predicted molar refractivity (Wildman–Crippen MR) is 88.3 cm³/mol. The number of nitrogens with one attached hydrogen (secondary N) is 1. The van der Waals surface area contributed by atoms with E-state index in [1.807, 2.05) is 12.3 Å². The lowest BCUT2D eigenvalue weighted by molar-refractivity contribution is 0.594. The minimum absolute atomic E-state index is 0.512. The van der Waals surface area contributed by atoms with Gasteiger partial charge in [-0.1, -0.05) is 38.7 Å². The highest BCUT2D eigenvalue weighted by Crippen LogP contribution is 2.25. The van der Waals surface area contributed by atoms with E-state index in [9.17, 15) is 0 Å². The van der Waals surface area contributed by atoms with E-state index in [2.05, 4.69) is 49.3 Å². The zero-order chi connectivity index (χ0) is 14.4. The Morgan fingerprint density at radius 3 is 2.80 bits per heavy atom. The second-order valence-corrected chi connectivity index (χ2v) is 5.72. The van der Waals surface area contributed by atoms with E-state index in [-0.39, 0.29) is 0 Å². The molecule has 108 valence electrons. The summed E-state index contributed by atoms with van der Waals surface area (Å²) in [6.45, 7) is 6.65. The number of aryl methyl sites for hydroxylation is 1. The summed E-state index contributed by atoms with van der Waals surface area (Å²) in [6, 6.07) is 9.02. The van der Waals surface area contributed by atoms with Crippen molar-refractivity contribution in [3.63, 3.8) is 0 Å². The van der Waals surface area contributed by atoms with Crippen LogP contribution in [0, 0.1) is 6.92 Å². The monoisotopic (exact) mass is 270 g/mol. The number of anilines is 1. The van der Waals surface area contributed by atoms with Crippen LogP contribution in [0.5, 0.6) is 0 Å². The summed E-state index contributed by atoms with van der Waals surface area (Å²) in [5, 5.41) is 4.88. The molecule has 0 saturated carbocycles. The normalized spacial score (nSPS) is 12.6. The van der Waals surface area contributed by atoms with Crippen LogP contribution in [0.15, 0.2) is 30.5 Å². The van der Waals surface area contributed by atoms with Gasteiger partial charge in [0.15, 0.2) is 0 Å². The first-order valence-corrected chi connectivity index (χ1v) is 7.83. The van der Waals surface area contributed by atoms with Gasteiger partial charge in [-0.05, 0) is 44.0 Å². The fourth-order valence-corrected chi connectivity index (χ4v) is 2.65. The number of hydrogen-bond donors (Lipinski definition) is 1. The molecule has 0 spiro atoms. The molecular weight excluding hydrogens is 244 g/mol. The zero-order valence-electron chi connectivity index (χ0n) is 12.9. The van der Waals surface area contributed by atoms with Gasteiger partial charge in [-0.25, -0.2) is 0 Å². The maximum absolute atomic E-state index is 4.50. The summed E-state index contributed by atoms with van der Waals surface area (Å²) >= 11 is 0. The molecule has 1 aromatic carbocycles. The molecule has 1 N–H and O–H groups in total. The van der Waals surface area contributed by atoms with Gasteiger partial charge < -0.3 is 5.32 Å². The summed E-state index contributed by atoms with van der Waals surface area (Å²) in [7, 11) is 0. The van der Waals surface area contributed by atoms with Gasteiger partial charge in [0.25, 0.3) is 0 Å². The van der Waals surface area contributed by atoms with Crippen molar-refractivity contribution in [2.75, 3.05) is 5.32 Å². The smallest absolute Gasteiger partial charge is 0.0751 e. The molecular formula is C18H26N2. The van der Waals surface area contributed by atoms with E-state index < -0.39 is 0 Å². The lowest BCUT2D eigenvalue weighted by atomic mass is 10.1. The van der Waals surface area contributed by atoms with Gasteiger partial charge in [0.1, 0.15) is 0 Å². The van der Waals surface area contributed by atoms with E-state index >= 15 is 0 Å².